The molecule has 0 aliphatic carbocycles. The van der Waals surface area contributed by atoms with Gasteiger partial charge in [0, 0.05) is 25.0 Å². The van der Waals surface area contributed by atoms with E-state index in [0.29, 0.717) is 5.69 Å². The van der Waals surface area contributed by atoms with Gasteiger partial charge in [0.15, 0.2) is 5.96 Å². The van der Waals surface area contributed by atoms with E-state index in [-0.39, 0.29) is 11.9 Å². The zero-order valence-corrected chi connectivity index (χ0v) is 14.0. The minimum absolute atomic E-state index is 0.00109. The molecule has 3 rings (SSSR count). The molecule has 0 fully saturated rings. The fraction of sp³-hybridized carbons (Fsp3) is 0.125. The lowest BCUT2D eigenvalue weighted by Gasteiger charge is -2.02. The van der Waals surface area contributed by atoms with Crippen molar-refractivity contribution in [2.45, 2.75) is 6.92 Å². The molecule has 0 bridgehead atoms. The van der Waals surface area contributed by atoms with Crippen molar-refractivity contribution in [3.05, 3.63) is 48.4 Å². The van der Waals surface area contributed by atoms with E-state index < -0.39 is 0 Å². The zero-order valence-electron chi connectivity index (χ0n) is 14.0. The molecule has 0 aliphatic heterocycles. The average Bonchev–Trinajstić information content (AvgIpc) is 3.13. The standard InChI is InChI=1S/C16H19N9/c1-10-13(9-24(2)22-10)14-7-8-25(23-14)12-5-3-11(4-6-12)20-16(19)21-15(17)18/h3-9H,1-2H3,(H6,17,18,19,20,21). The van der Waals surface area contributed by atoms with Crippen LogP contribution in [0.3, 0.4) is 0 Å². The lowest BCUT2D eigenvalue weighted by Crippen LogP contribution is -2.26. The first kappa shape index (κ1) is 16.2. The number of rotatable bonds is 3. The minimum atomic E-state index is -0.132. The molecule has 0 saturated heterocycles. The van der Waals surface area contributed by atoms with Crippen molar-refractivity contribution in [2.75, 3.05) is 0 Å². The largest absolute Gasteiger partial charge is 0.370 e. The number of aliphatic imine (C=N–C) groups is 2. The second kappa shape index (κ2) is 6.48. The van der Waals surface area contributed by atoms with Crippen molar-refractivity contribution >= 4 is 17.6 Å². The van der Waals surface area contributed by atoms with Crippen LogP contribution < -0.4 is 17.2 Å². The molecule has 9 heteroatoms. The van der Waals surface area contributed by atoms with Crippen molar-refractivity contribution in [3.63, 3.8) is 0 Å². The normalized spacial score (nSPS) is 11.5. The Kier molecular flexibility index (Phi) is 4.21. The molecule has 128 valence electrons. The third kappa shape index (κ3) is 3.66. The summed E-state index contributed by atoms with van der Waals surface area (Å²) in [6.45, 7) is 1.96. The van der Waals surface area contributed by atoms with Gasteiger partial charge in [0.05, 0.1) is 22.8 Å². The van der Waals surface area contributed by atoms with Crippen LogP contribution in [-0.2, 0) is 7.05 Å². The molecule has 1 aromatic carbocycles. The van der Waals surface area contributed by atoms with Gasteiger partial charge in [-0.15, -0.1) is 0 Å². The van der Waals surface area contributed by atoms with Crippen LogP contribution in [-0.4, -0.2) is 31.5 Å². The molecule has 0 radical (unpaired) electrons. The van der Waals surface area contributed by atoms with Gasteiger partial charge in [-0.2, -0.15) is 15.2 Å². The van der Waals surface area contributed by atoms with Crippen molar-refractivity contribution in [2.24, 2.45) is 34.2 Å². The van der Waals surface area contributed by atoms with Crippen molar-refractivity contribution in [1.29, 1.82) is 0 Å². The van der Waals surface area contributed by atoms with E-state index in [9.17, 15) is 0 Å². The fourth-order valence-corrected chi connectivity index (χ4v) is 2.43. The highest BCUT2D eigenvalue weighted by atomic mass is 15.3. The molecule has 9 nitrogen and oxygen atoms in total. The molecular formula is C16H19N9. The lowest BCUT2D eigenvalue weighted by atomic mass is 10.2. The van der Waals surface area contributed by atoms with Gasteiger partial charge in [-0.05, 0) is 37.3 Å². The molecule has 0 spiro atoms. The number of aryl methyl sites for hydroxylation is 2. The predicted molar refractivity (Wildman–Crippen MR) is 97.6 cm³/mol. The Balaban J connectivity index is 1.84. The molecule has 0 unspecified atom stereocenters. The van der Waals surface area contributed by atoms with Gasteiger partial charge in [-0.25, -0.2) is 9.67 Å². The highest BCUT2D eigenvalue weighted by molar-refractivity contribution is 5.93. The maximum absolute atomic E-state index is 5.62. The number of hydrogen-bond donors (Lipinski definition) is 3. The number of guanidine groups is 2. The summed E-state index contributed by atoms with van der Waals surface area (Å²) >= 11 is 0. The first-order valence-corrected chi connectivity index (χ1v) is 7.53. The maximum Gasteiger partial charge on any atom is 0.223 e. The maximum atomic E-state index is 5.62. The van der Waals surface area contributed by atoms with Crippen molar-refractivity contribution in [1.82, 2.24) is 19.6 Å². The first-order valence-electron chi connectivity index (χ1n) is 7.53. The Morgan fingerprint density at radius 1 is 1.04 bits per heavy atom. The molecule has 2 heterocycles. The van der Waals surface area contributed by atoms with Gasteiger partial charge in [0.2, 0.25) is 5.96 Å². The van der Waals surface area contributed by atoms with Gasteiger partial charge in [0.1, 0.15) is 0 Å². The molecule has 6 N–H and O–H groups in total. The van der Waals surface area contributed by atoms with E-state index in [2.05, 4.69) is 20.2 Å². The summed E-state index contributed by atoms with van der Waals surface area (Å²) < 4.78 is 3.56. The van der Waals surface area contributed by atoms with Crippen LogP contribution in [0.5, 0.6) is 0 Å². The Morgan fingerprint density at radius 3 is 2.36 bits per heavy atom. The molecule has 3 aromatic rings. The highest BCUT2D eigenvalue weighted by Gasteiger charge is 2.09. The van der Waals surface area contributed by atoms with E-state index in [0.717, 1.165) is 22.6 Å². The van der Waals surface area contributed by atoms with E-state index in [4.69, 9.17) is 17.2 Å². The predicted octanol–water partition coefficient (Wildman–Crippen LogP) is 0.801. The van der Waals surface area contributed by atoms with Crippen molar-refractivity contribution < 1.29 is 0 Å². The molecule has 0 atom stereocenters. The summed E-state index contributed by atoms with van der Waals surface area (Å²) in [6, 6.07) is 9.33. The second-order valence-electron chi connectivity index (χ2n) is 5.47. The Hall–Kier alpha value is -3.62. The third-order valence-electron chi connectivity index (χ3n) is 3.48. The van der Waals surface area contributed by atoms with Crippen LogP contribution in [0.2, 0.25) is 0 Å². The van der Waals surface area contributed by atoms with E-state index in [1.54, 1.807) is 21.5 Å². The first-order chi connectivity index (χ1) is 11.9. The average molecular weight is 337 g/mol. The number of hydrogen-bond acceptors (Lipinski definition) is 3. The SMILES string of the molecule is Cc1nn(C)cc1-c1ccn(-c2ccc(N=C(N)N=C(N)N)cc2)n1. The Bertz CT molecular complexity index is 940. The van der Waals surface area contributed by atoms with E-state index in [1.165, 1.54) is 0 Å². The molecule has 0 aliphatic rings. The fourth-order valence-electron chi connectivity index (χ4n) is 2.43. The van der Waals surface area contributed by atoms with E-state index >= 15 is 0 Å². The molecule has 0 saturated carbocycles. The summed E-state index contributed by atoms with van der Waals surface area (Å²) in [6.07, 6.45) is 3.85. The highest BCUT2D eigenvalue weighted by Crippen LogP contribution is 2.22. The number of nitrogens with zero attached hydrogens (tertiary/aromatic N) is 6. The summed E-state index contributed by atoms with van der Waals surface area (Å²) in [7, 11) is 1.89. The summed E-state index contributed by atoms with van der Waals surface area (Å²) in [5.41, 5.74) is 20.5. The van der Waals surface area contributed by atoms with Gasteiger partial charge in [0.25, 0.3) is 0 Å². The zero-order chi connectivity index (χ0) is 18.0. The summed E-state index contributed by atoms with van der Waals surface area (Å²) in [5, 5.41) is 8.94. The van der Waals surface area contributed by atoms with Crippen LogP contribution in [0.15, 0.2) is 52.7 Å². The van der Waals surface area contributed by atoms with Gasteiger partial charge in [-0.1, -0.05) is 0 Å². The van der Waals surface area contributed by atoms with Crippen LogP contribution in [0.25, 0.3) is 16.9 Å². The van der Waals surface area contributed by atoms with Crippen LogP contribution in [0.4, 0.5) is 5.69 Å². The Morgan fingerprint density at radius 2 is 1.76 bits per heavy atom. The molecule has 0 amide bonds. The Labute approximate surface area is 144 Å². The number of nitrogens with two attached hydrogens (primary N) is 3. The van der Waals surface area contributed by atoms with E-state index in [1.807, 2.05) is 44.6 Å². The summed E-state index contributed by atoms with van der Waals surface area (Å²) in [5.74, 6) is -0.131. The number of aromatic nitrogens is 4. The molecule has 2 aromatic heterocycles. The second-order valence-corrected chi connectivity index (χ2v) is 5.47. The number of benzene rings is 1. The van der Waals surface area contributed by atoms with Gasteiger partial charge < -0.3 is 17.2 Å². The smallest absolute Gasteiger partial charge is 0.223 e. The van der Waals surface area contributed by atoms with Crippen LogP contribution in [0, 0.1) is 6.92 Å². The van der Waals surface area contributed by atoms with Gasteiger partial charge in [-0.3, -0.25) is 4.68 Å². The molecular weight excluding hydrogens is 318 g/mol. The third-order valence-corrected chi connectivity index (χ3v) is 3.48. The lowest BCUT2D eigenvalue weighted by molar-refractivity contribution is 0.756. The quantitative estimate of drug-likeness (QED) is 0.479. The van der Waals surface area contributed by atoms with Gasteiger partial charge >= 0.3 is 0 Å². The topological polar surface area (TPSA) is 138 Å². The van der Waals surface area contributed by atoms with Crippen LogP contribution in [0.1, 0.15) is 5.69 Å². The minimum Gasteiger partial charge on any atom is -0.370 e. The monoisotopic (exact) mass is 337 g/mol. The van der Waals surface area contributed by atoms with Crippen molar-refractivity contribution in [3.8, 4) is 16.9 Å². The molecule has 25 heavy (non-hydrogen) atoms. The van der Waals surface area contributed by atoms with Crippen LogP contribution >= 0.6 is 0 Å². The summed E-state index contributed by atoms with van der Waals surface area (Å²) in [4.78, 5) is 7.78.